The average molecular weight is 230 g/mol. The SMILES string of the molecule is C[Si]1(C(F)C(F)C(F)F)CCCCO1. The monoisotopic (exact) mass is 230 g/mol. The highest BCUT2D eigenvalue weighted by atomic mass is 28.4. The van der Waals surface area contributed by atoms with Gasteiger partial charge in [-0.2, -0.15) is 0 Å². The molecule has 0 bridgehead atoms. The van der Waals surface area contributed by atoms with Gasteiger partial charge in [0.15, 0.2) is 12.0 Å². The Balaban J connectivity index is 2.60. The van der Waals surface area contributed by atoms with E-state index in [0.717, 1.165) is 12.8 Å². The van der Waals surface area contributed by atoms with E-state index in [4.69, 9.17) is 4.43 Å². The zero-order chi connectivity index (χ0) is 10.8. The molecule has 84 valence electrons. The molecule has 0 saturated carbocycles. The lowest BCUT2D eigenvalue weighted by atomic mass is 10.4. The fourth-order valence-electron chi connectivity index (χ4n) is 1.64. The highest BCUT2D eigenvalue weighted by Crippen LogP contribution is 2.31. The van der Waals surface area contributed by atoms with Crippen molar-refractivity contribution in [3.63, 3.8) is 0 Å². The van der Waals surface area contributed by atoms with Crippen LogP contribution in [0.4, 0.5) is 17.6 Å². The second-order valence-electron chi connectivity index (χ2n) is 3.80. The predicted octanol–water partition coefficient (Wildman–Crippen LogP) is 2.85. The van der Waals surface area contributed by atoms with Crippen LogP contribution in [-0.2, 0) is 4.43 Å². The Bertz CT molecular complexity index is 184. The van der Waals surface area contributed by atoms with Crippen molar-refractivity contribution in [1.82, 2.24) is 0 Å². The summed E-state index contributed by atoms with van der Waals surface area (Å²) in [7, 11) is -2.89. The summed E-state index contributed by atoms with van der Waals surface area (Å²) < 4.78 is 55.3. The van der Waals surface area contributed by atoms with Crippen LogP contribution in [0.15, 0.2) is 0 Å². The maximum Gasteiger partial charge on any atom is 0.272 e. The molecule has 1 aliphatic heterocycles. The Morgan fingerprint density at radius 3 is 2.21 bits per heavy atom. The van der Waals surface area contributed by atoms with Gasteiger partial charge in [-0.05, 0) is 19.0 Å². The third kappa shape index (κ3) is 2.47. The first kappa shape index (κ1) is 12.0. The van der Waals surface area contributed by atoms with Gasteiger partial charge < -0.3 is 4.43 Å². The van der Waals surface area contributed by atoms with E-state index in [1.165, 1.54) is 6.55 Å². The first-order valence-corrected chi connectivity index (χ1v) is 7.37. The maximum atomic E-state index is 13.4. The molecular weight excluding hydrogens is 216 g/mol. The van der Waals surface area contributed by atoms with Crippen molar-refractivity contribution in [2.45, 2.75) is 43.8 Å². The molecule has 1 saturated heterocycles. The standard InChI is InChI=1S/C8H14F4OSi/c1-14(5-3-2-4-13-14)8(12)6(9)7(10)11/h6-8H,2-5H2,1H3. The minimum atomic E-state index is -3.25. The van der Waals surface area contributed by atoms with Crippen molar-refractivity contribution in [2.75, 3.05) is 6.61 Å². The topological polar surface area (TPSA) is 9.23 Å². The van der Waals surface area contributed by atoms with E-state index < -0.39 is 26.7 Å². The van der Waals surface area contributed by atoms with Crippen molar-refractivity contribution in [2.24, 2.45) is 0 Å². The molecule has 0 aliphatic carbocycles. The average Bonchev–Trinajstić information content (AvgIpc) is 2.16. The highest BCUT2D eigenvalue weighted by molar-refractivity contribution is 6.74. The van der Waals surface area contributed by atoms with Gasteiger partial charge in [0.1, 0.15) is 0 Å². The summed E-state index contributed by atoms with van der Waals surface area (Å²) >= 11 is 0. The van der Waals surface area contributed by atoms with E-state index >= 15 is 0 Å². The number of rotatable bonds is 3. The fourth-order valence-corrected chi connectivity index (χ4v) is 4.60. The molecule has 1 heterocycles. The summed E-state index contributed by atoms with van der Waals surface area (Å²) in [4.78, 5) is 0. The second-order valence-corrected chi connectivity index (χ2v) is 7.76. The quantitative estimate of drug-likeness (QED) is 0.535. The van der Waals surface area contributed by atoms with Gasteiger partial charge in [0.25, 0.3) is 6.43 Å². The third-order valence-electron chi connectivity index (χ3n) is 2.60. The van der Waals surface area contributed by atoms with Gasteiger partial charge in [-0.15, -0.1) is 0 Å². The van der Waals surface area contributed by atoms with Gasteiger partial charge in [-0.3, -0.25) is 0 Å². The van der Waals surface area contributed by atoms with Gasteiger partial charge in [0.2, 0.25) is 8.32 Å². The Hall–Kier alpha value is -0.103. The van der Waals surface area contributed by atoms with Gasteiger partial charge in [0.05, 0.1) is 0 Å². The highest BCUT2D eigenvalue weighted by Gasteiger charge is 2.48. The zero-order valence-electron chi connectivity index (χ0n) is 7.98. The summed E-state index contributed by atoms with van der Waals surface area (Å²) in [5.74, 6) is -2.11. The van der Waals surface area contributed by atoms with E-state index in [-0.39, 0.29) is 0 Å². The van der Waals surface area contributed by atoms with Crippen molar-refractivity contribution in [3.8, 4) is 0 Å². The molecule has 3 atom stereocenters. The lowest BCUT2D eigenvalue weighted by Crippen LogP contribution is -2.53. The Morgan fingerprint density at radius 1 is 1.14 bits per heavy atom. The first-order valence-electron chi connectivity index (χ1n) is 4.67. The maximum absolute atomic E-state index is 13.4. The van der Waals surface area contributed by atoms with E-state index in [2.05, 4.69) is 0 Å². The van der Waals surface area contributed by atoms with E-state index in [1.807, 2.05) is 0 Å². The van der Waals surface area contributed by atoms with E-state index in [9.17, 15) is 17.6 Å². The molecular formula is C8H14F4OSi. The van der Waals surface area contributed by atoms with Crippen LogP contribution in [0.5, 0.6) is 0 Å². The van der Waals surface area contributed by atoms with E-state index in [1.54, 1.807) is 0 Å². The van der Waals surface area contributed by atoms with Crippen molar-refractivity contribution in [3.05, 3.63) is 0 Å². The molecule has 1 rings (SSSR count). The molecule has 0 radical (unpaired) electrons. The molecule has 0 aromatic heterocycles. The summed E-state index contributed by atoms with van der Waals surface area (Å²) in [6, 6.07) is 0.432. The lowest BCUT2D eigenvalue weighted by molar-refractivity contribution is 0.0159. The van der Waals surface area contributed by atoms with Crippen LogP contribution in [0.1, 0.15) is 12.8 Å². The largest absolute Gasteiger partial charge is 0.414 e. The number of alkyl halides is 4. The molecule has 0 N–H and O–H groups in total. The lowest BCUT2D eigenvalue weighted by Gasteiger charge is -2.35. The zero-order valence-corrected chi connectivity index (χ0v) is 8.98. The Morgan fingerprint density at radius 2 is 1.79 bits per heavy atom. The van der Waals surface area contributed by atoms with Crippen LogP contribution in [0.25, 0.3) is 0 Å². The summed E-state index contributed by atoms with van der Waals surface area (Å²) in [6.45, 7) is 1.87. The molecule has 0 amide bonds. The molecule has 0 spiro atoms. The molecule has 3 unspecified atom stereocenters. The summed E-state index contributed by atoms with van der Waals surface area (Å²) in [6.07, 6.45) is -4.38. The molecule has 1 aliphatic rings. The van der Waals surface area contributed by atoms with Crippen LogP contribution in [0.3, 0.4) is 0 Å². The smallest absolute Gasteiger partial charge is 0.272 e. The van der Waals surface area contributed by atoms with Crippen molar-refractivity contribution < 1.29 is 22.0 Å². The van der Waals surface area contributed by atoms with Crippen LogP contribution in [-0.4, -0.2) is 33.3 Å². The summed E-state index contributed by atoms with van der Waals surface area (Å²) in [5.41, 5.74) is 0. The van der Waals surface area contributed by atoms with Crippen LogP contribution in [0, 0.1) is 0 Å². The minimum Gasteiger partial charge on any atom is -0.414 e. The van der Waals surface area contributed by atoms with Gasteiger partial charge in [0, 0.05) is 6.61 Å². The van der Waals surface area contributed by atoms with Gasteiger partial charge in [-0.25, -0.2) is 17.6 Å². The number of halogens is 4. The van der Waals surface area contributed by atoms with Crippen molar-refractivity contribution >= 4 is 8.32 Å². The minimum absolute atomic E-state index is 0.374. The Kier molecular flexibility index (Phi) is 3.94. The third-order valence-corrected chi connectivity index (χ3v) is 6.30. The van der Waals surface area contributed by atoms with Crippen LogP contribution in [0.2, 0.25) is 12.6 Å². The first-order chi connectivity index (χ1) is 6.47. The number of hydrogen-bond donors (Lipinski definition) is 0. The van der Waals surface area contributed by atoms with Crippen molar-refractivity contribution in [1.29, 1.82) is 0 Å². The molecule has 6 heteroatoms. The predicted molar refractivity (Wildman–Crippen MR) is 47.4 cm³/mol. The molecule has 1 nitrogen and oxygen atoms in total. The van der Waals surface area contributed by atoms with Crippen LogP contribution < -0.4 is 0 Å². The van der Waals surface area contributed by atoms with Gasteiger partial charge in [-0.1, -0.05) is 6.42 Å². The van der Waals surface area contributed by atoms with E-state index in [0.29, 0.717) is 12.7 Å². The van der Waals surface area contributed by atoms with Gasteiger partial charge >= 0.3 is 0 Å². The Labute approximate surface area is 81.6 Å². The van der Waals surface area contributed by atoms with Crippen LogP contribution >= 0.6 is 0 Å². The molecule has 0 aromatic rings. The molecule has 0 aromatic carbocycles. The summed E-state index contributed by atoms with van der Waals surface area (Å²) in [5, 5.41) is 0. The fraction of sp³-hybridized carbons (Fsp3) is 1.00. The number of hydrogen-bond acceptors (Lipinski definition) is 1. The molecule has 14 heavy (non-hydrogen) atoms. The second kappa shape index (κ2) is 4.61. The normalized spacial score (nSPS) is 33.0. The molecule has 1 fully saturated rings.